The number of carbonyl (C=O) groups excluding carboxylic acids is 2. The van der Waals surface area contributed by atoms with Crippen molar-refractivity contribution in [3.63, 3.8) is 0 Å². The minimum absolute atomic E-state index is 0.0523. The van der Waals surface area contributed by atoms with Gasteiger partial charge in [0.15, 0.2) is 12.4 Å². The Balaban J connectivity index is 1.65. The summed E-state index contributed by atoms with van der Waals surface area (Å²) < 4.78 is 17.7. The lowest BCUT2D eigenvalue weighted by Gasteiger charge is -2.10. The summed E-state index contributed by atoms with van der Waals surface area (Å²) in [6, 6.07) is 11.4. The summed E-state index contributed by atoms with van der Waals surface area (Å²) in [6.07, 6.45) is 2.71. The molecule has 1 amide bonds. The molecule has 0 aliphatic carbocycles. The second kappa shape index (κ2) is 10.9. The molecule has 0 saturated heterocycles. The molecule has 2 aromatic carbocycles. The van der Waals surface area contributed by atoms with Crippen LogP contribution in [0, 0.1) is 0 Å². The highest BCUT2D eigenvalue weighted by molar-refractivity contribution is 9.11. The number of hydrogen-bond donors (Lipinski definition) is 1. The quantitative estimate of drug-likeness (QED) is 0.150. The zero-order chi connectivity index (χ0) is 22.4. The van der Waals surface area contributed by atoms with E-state index in [2.05, 4.69) is 58.3 Å². The fraction of sp³-hybridized carbons (Fsp3) is 0.0500. The number of esters is 1. The summed E-state index contributed by atoms with van der Waals surface area (Å²) in [5.41, 5.74) is 2.79. The van der Waals surface area contributed by atoms with E-state index in [1.54, 1.807) is 36.4 Å². The summed E-state index contributed by atoms with van der Waals surface area (Å²) in [5.74, 6) is -0.429. The molecule has 11 heteroatoms. The smallest absolute Gasteiger partial charge is 0.379 e. The number of nitrogens with one attached hydrogen (secondary N) is 1. The normalized spacial score (nSPS) is 10.8. The average Bonchev–Trinajstić information content (AvgIpc) is 3.24. The predicted molar refractivity (Wildman–Crippen MR) is 126 cm³/mol. The second-order valence-electron chi connectivity index (χ2n) is 5.83. The van der Waals surface area contributed by atoms with Crippen molar-refractivity contribution < 1.29 is 23.5 Å². The molecule has 160 valence electrons. The molecule has 0 aliphatic heterocycles. The number of furan rings is 1. The maximum atomic E-state index is 12.2. The van der Waals surface area contributed by atoms with Crippen LogP contribution < -0.4 is 14.9 Å². The number of amides is 1. The van der Waals surface area contributed by atoms with Crippen LogP contribution in [0.1, 0.15) is 16.1 Å². The third-order valence-electron chi connectivity index (χ3n) is 3.60. The lowest BCUT2D eigenvalue weighted by molar-refractivity contribution is -0.123. The average molecular weight is 635 g/mol. The second-order valence-corrected chi connectivity index (χ2v) is 8.89. The van der Waals surface area contributed by atoms with E-state index in [1.165, 1.54) is 18.5 Å². The zero-order valence-electron chi connectivity index (χ0n) is 15.4. The number of ether oxygens (including phenoxy) is 2. The molecule has 1 N–H and O–H groups in total. The fourth-order valence-electron chi connectivity index (χ4n) is 2.26. The highest BCUT2D eigenvalue weighted by atomic mass is 79.9. The molecule has 0 bridgehead atoms. The van der Waals surface area contributed by atoms with Crippen LogP contribution in [0.25, 0.3) is 0 Å². The van der Waals surface area contributed by atoms with Gasteiger partial charge in [0.25, 0.3) is 5.91 Å². The van der Waals surface area contributed by atoms with E-state index < -0.39 is 11.9 Å². The molecule has 0 aliphatic rings. The largest absolute Gasteiger partial charge is 0.483 e. The first-order chi connectivity index (χ1) is 14.8. The Hall–Kier alpha value is -2.14. The summed E-state index contributed by atoms with van der Waals surface area (Å²) >= 11 is 15.9. The van der Waals surface area contributed by atoms with Gasteiger partial charge in [0.1, 0.15) is 5.75 Å². The molecule has 0 fully saturated rings. The van der Waals surface area contributed by atoms with Crippen molar-refractivity contribution in [3.05, 3.63) is 78.5 Å². The summed E-state index contributed by atoms with van der Waals surface area (Å²) in [5, 5.41) is 4.45. The minimum Gasteiger partial charge on any atom is -0.483 e. The van der Waals surface area contributed by atoms with E-state index in [4.69, 9.17) is 25.5 Å². The molecule has 0 unspecified atom stereocenters. The van der Waals surface area contributed by atoms with E-state index in [0.717, 1.165) is 0 Å². The molecule has 0 atom stereocenters. The molecular formula is C20H12Br3ClN2O5. The fourth-order valence-corrected chi connectivity index (χ4v) is 4.40. The first-order valence-corrected chi connectivity index (χ1v) is 11.2. The van der Waals surface area contributed by atoms with Gasteiger partial charge < -0.3 is 13.9 Å². The van der Waals surface area contributed by atoms with Gasteiger partial charge in [-0.25, -0.2) is 10.2 Å². The number of halogens is 4. The van der Waals surface area contributed by atoms with Crippen molar-refractivity contribution in [2.45, 2.75) is 0 Å². The van der Waals surface area contributed by atoms with E-state index in [9.17, 15) is 9.59 Å². The van der Waals surface area contributed by atoms with Gasteiger partial charge in [-0.1, -0.05) is 27.5 Å². The Bertz CT molecular complexity index is 1140. The Morgan fingerprint density at radius 3 is 2.65 bits per heavy atom. The van der Waals surface area contributed by atoms with Gasteiger partial charge >= 0.3 is 5.97 Å². The molecule has 0 radical (unpaired) electrons. The predicted octanol–water partition coefficient (Wildman–Crippen LogP) is 5.97. The summed E-state index contributed by atoms with van der Waals surface area (Å²) in [4.78, 5) is 24.3. The Morgan fingerprint density at radius 1 is 1.13 bits per heavy atom. The molecule has 0 spiro atoms. The van der Waals surface area contributed by atoms with E-state index in [-0.39, 0.29) is 18.1 Å². The van der Waals surface area contributed by atoms with Crippen LogP contribution in [0.4, 0.5) is 0 Å². The van der Waals surface area contributed by atoms with Crippen LogP contribution in [0.3, 0.4) is 0 Å². The number of benzene rings is 2. The van der Waals surface area contributed by atoms with Crippen LogP contribution in [-0.4, -0.2) is 24.7 Å². The summed E-state index contributed by atoms with van der Waals surface area (Å²) in [6.45, 7) is -0.264. The summed E-state index contributed by atoms with van der Waals surface area (Å²) in [7, 11) is 0. The van der Waals surface area contributed by atoms with Crippen molar-refractivity contribution >= 4 is 77.5 Å². The molecule has 0 saturated carbocycles. The standard InChI is InChI=1S/C20H12Br3ClN2O5/c21-12-6-11(19(15(23)7-12)31-20(28)17-2-1-5-29-17)9-25-26-18(27)10-30-16-4-3-13(24)8-14(16)22/h1-9H,10H2,(H,26,27)/b25-9+. The highest BCUT2D eigenvalue weighted by Gasteiger charge is 2.17. The van der Waals surface area contributed by atoms with Gasteiger partial charge in [-0.15, -0.1) is 0 Å². The Labute approximate surface area is 207 Å². The molecular weight excluding hydrogens is 623 g/mol. The number of carbonyl (C=O) groups is 2. The molecule has 3 aromatic rings. The number of rotatable bonds is 7. The van der Waals surface area contributed by atoms with Gasteiger partial charge in [0, 0.05) is 15.1 Å². The number of hydrazone groups is 1. The van der Waals surface area contributed by atoms with Crippen LogP contribution in [0.15, 0.2) is 71.7 Å². The first-order valence-electron chi connectivity index (χ1n) is 8.48. The van der Waals surface area contributed by atoms with Gasteiger partial charge in [-0.05, 0) is 74.3 Å². The van der Waals surface area contributed by atoms with Crippen molar-refractivity contribution in [2.75, 3.05) is 6.61 Å². The Morgan fingerprint density at radius 2 is 1.94 bits per heavy atom. The lowest BCUT2D eigenvalue weighted by Crippen LogP contribution is -2.24. The van der Waals surface area contributed by atoms with Gasteiger partial charge in [0.2, 0.25) is 5.76 Å². The molecule has 31 heavy (non-hydrogen) atoms. The maximum Gasteiger partial charge on any atom is 0.379 e. The van der Waals surface area contributed by atoms with Crippen LogP contribution in [0.5, 0.6) is 11.5 Å². The Kier molecular flexibility index (Phi) is 8.30. The highest BCUT2D eigenvalue weighted by Crippen LogP contribution is 2.33. The monoisotopic (exact) mass is 632 g/mol. The topological polar surface area (TPSA) is 90.1 Å². The maximum absolute atomic E-state index is 12.2. The van der Waals surface area contributed by atoms with Crippen LogP contribution in [-0.2, 0) is 4.79 Å². The van der Waals surface area contributed by atoms with E-state index in [0.29, 0.717) is 29.8 Å². The third kappa shape index (κ3) is 6.67. The number of hydrogen-bond acceptors (Lipinski definition) is 6. The van der Waals surface area contributed by atoms with Gasteiger partial charge in [-0.3, -0.25) is 4.79 Å². The van der Waals surface area contributed by atoms with Crippen LogP contribution in [0.2, 0.25) is 5.02 Å². The van der Waals surface area contributed by atoms with Crippen molar-refractivity contribution in [2.24, 2.45) is 5.10 Å². The minimum atomic E-state index is -0.673. The molecule has 7 nitrogen and oxygen atoms in total. The first kappa shape index (κ1) is 23.5. The van der Waals surface area contributed by atoms with E-state index >= 15 is 0 Å². The van der Waals surface area contributed by atoms with Crippen molar-refractivity contribution in [3.8, 4) is 11.5 Å². The molecule has 1 aromatic heterocycles. The zero-order valence-corrected chi connectivity index (χ0v) is 20.9. The van der Waals surface area contributed by atoms with Gasteiger partial charge in [0.05, 0.1) is 21.4 Å². The number of nitrogens with zero attached hydrogens (tertiary/aromatic N) is 1. The SMILES string of the molecule is O=C(COc1ccc(Cl)cc1Br)N/N=C/c1cc(Br)cc(Br)c1OC(=O)c1ccco1. The van der Waals surface area contributed by atoms with Crippen molar-refractivity contribution in [1.82, 2.24) is 5.43 Å². The molecule has 3 rings (SSSR count). The third-order valence-corrected chi connectivity index (χ3v) is 5.50. The lowest BCUT2D eigenvalue weighted by atomic mass is 10.2. The van der Waals surface area contributed by atoms with E-state index in [1.807, 2.05) is 0 Å². The van der Waals surface area contributed by atoms with Crippen molar-refractivity contribution in [1.29, 1.82) is 0 Å². The molecule has 1 heterocycles. The van der Waals surface area contributed by atoms with Crippen LogP contribution >= 0.6 is 59.4 Å². The van der Waals surface area contributed by atoms with Gasteiger partial charge in [-0.2, -0.15) is 5.10 Å².